The van der Waals surface area contributed by atoms with E-state index in [2.05, 4.69) is 0 Å². The first-order valence-corrected chi connectivity index (χ1v) is 4.35. The van der Waals surface area contributed by atoms with Crippen molar-refractivity contribution in [1.29, 1.82) is 0 Å². The standard InChI is InChI=1S/C10H11NO3/c11-10(9(13)14)5-8(10)6-2-1-3-7(12)4-6/h1-4,8,12H,5,11H2,(H,13,14)/t8-,10+/m1/s1. The lowest BCUT2D eigenvalue weighted by atomic mass is 10.1. The molecule has 0 radical (unpaired) electrons. The maximum Gasteiger partial charge on any atom is 0.324 e. The Kier molecular flexibility index (Phi) is 1.75. The van der Waals surface area contributed by atoms with Crippen LogP contribution in [0.2, 0.25) is 0 Å². The van der Waals surface area contributed by atoms with Gasteiger partial charge in [0.2, 0.25) is 0 Å². The van der Waals surface area contributed by atoms with Crippen LogP contribution >= 0.6 is 0 Å². The average Bonchev–Trinajstić information content (AvgIpc) is 2.80. The van der Waals surface area contributed by atoms with E-state index < -0.39 is 11.5 Å². The monoisotopic (exact) mass is 193 g/mol. The van der Waals surface area contributed by atoms with Crippen molar-refractivity contribution in [2.45, 2.75) is 17.9 Å². The molecule has 74 valence electrons. The molecule has 0 amide bonds. The number of aromatic hydroxyl groups is 1. The van der Waals surface area contributed by atoms with Gasteiger partial charge >= 0.3 is 5.97 Å². The van der Waals surface area contributed by atoms with Gasteiger partial charge in [-0.25, -0.2) is 0 Å². The number of rotatable bonds is 2. The number of hydrogen-bond acceptors (Lipinski definition) is 3. The van der Waals surface area contributed by atoms with Crippen LogP contribution in [0, 0.1) is 0 Å². The molecule has 1 fully saturated rings. The lowest BCUT2D eigenvalue weighted by Crippen LogP contribution is -2.34. The Morgan fingerprint density at radius 1 is 1.57 bits per heavy atom. The van der Waals surface area contributed by atoms with E-state index in [1.807, 2.05) is 0 Å². The maximum atomic E-state index is 10.8. The summed E-state index contributed by atoms with van der Waals surface area (Å²) in [6, 6.07) is 6.57. The molecule has 0 bridgehead atoms. The second kappa shape index (κ2) is 2.72. The molecule has 1 aromatic rings. The third-order valence-corrected chi connectivity index (χ3v) is 2.67. The van der Waals surface area contributed by atoms with Gasteiger partial charge in [-0.3, -0.25) is 4.79 Å². The molecule has 1 aliphatic carbocycles. The highest BCUT2D eigenvalue weighted by Gasteiger charge is 2.58. The van der Waals surface area contributed by atoms with Crippen LogP contribution < -0.4 is 5.73 Å². The largest absolute Gasteiger partial charge is 0.508 e. The van der Waals surface area contributed by atoms with E-state index >= 15 is 0 Å². The first kappa shape index (κ1) is 9.02. The van der Waals surface area contributed by atoms with Crippen molar-refractivity contribution in [1.82, 2.24) is 0 Å². The van der Waals surface area contributed by atoms with Gasteiger partial charge < -0.3 is 15.9 Å². The van der Waals surface area contributed by atoms with Crippen LogP contribution in [-0.2, 0) is 4.79 Å². The molecular weight excluding hydrogens is 182 g/mol. The number of phenolic OH excluding ortho intramolecular Hbond substituents is 1. The van der Waals surface area contributed by atoms with Crippen molar-refractivity contribution in [3.8, 4) is 5.75 Å². The Bertz CT molecular complexity index is 391. The zero-order valence-corrected chi connectivity index (χ0v) is 7.47. The molecule has 4 nitrogen and oxygen atoms in total. The number of aliphatic carboxylic acids is 1. The molecule has 0 aromatic heterocycles. The molecule has 0 spiro atoms. The van der Waals surface area contributed by atoms with E-state index in [0.29, 0.717) is 6.42 Å². The topological polar surface area (TPSA) is 83.6 Å². The molecule has 14 heavy (non-hydrogen) atoms. The second-order valence-electron chi connectivity index (χ2n) is 3.70. The zero-order chi connectivity index (χ0) is 10.3. The summed E-state index contributed by atoms with van der Waals surface area (Å²) in [6.45, 7) is 0. The third kappa shape index (κ3) is 1.24. The minimum absolute atomic E-state index is 0.141. The van der Waals surface area contributed by atoms with Crippen molar-refractivity contribution in [3.63, 3.8) is 0 Å². The van der Waals surface area contributed by atoms with E-state index in [9.17, 15) is 9.90 Å². The highest BCUT2D eigenvalue weighted by atomic mass is 16.4. The van der Waals surface area contributed by atoms with Gasteiger partial charge in [0, 0.05) is 5.92 Å². The summed E-state index contributed by atoms with van der Waals surface area (Å²) in [5.41, 5.74) is 5.29. The third-order valence-electron chi connectivity index (χ3n) is 2.67. The number of hydrogen-bond donors (Lipinski definition) is 3. The predicted molar refractivity (Wildman–Crippen MR) is 50.0 cm³/mol. The van der Waals surface area contributed by atoms with Gasteiger partial charge in [-0.2, -0.15) is 0 Å². The SMILES string of the molecule is N[C@@]1(C(=O)O)C[C@@H]1c1cccc(O)c1. The number of carboxylic acid groups (broad SMARTS) is 1. The van der Waals surface area contributed by atoms with Gasteiger partial charge in [-0.05, 0) is 24.1 Å². The minimum atomic E-state index is -1.13. The van der Waals surface area contributed by atoms with Crippen molar-refractivity contribution in [2.75, 3.05) is 0 Å². The first-order chi connectivity index (χ1) is 6.54. The molecule has 0 saturated heterocycles. The molecule has 4 heteroatoms. The van der Waals surface area contributed by atoms with Crippen LogP contribution in [-0.4, -0.2) is 21.7 Å². The molecule has 1 aromatic carbocycles. The van der Waals surface area contributed by atoms with Crippen LogP contribution in [0.25, 0.3) is 0 Å². The lowest BCUT2D eigenvalue weighted by molar-refractivity contribution is -0.139. The summed E-state index contributed by atoms with van der Waals surface area (Å²) in [5, 5.41) is 18.0. The van der Waals surface area contributed by atoms with E-state index in [-0.39, 0.29) is 11.7 Å². The minimum Gasteiger partial charge on any atom is -0.508 e. The van der Waals surface area contributed by atoms with E-state index in [4.69, 9.17) is 10.8 Å². The fourth-order valence-corrected chi connectivity index (χ4v) is 1.67. The predicted octanol–water partition coefficient (Wildman–Crippen LogP) is 0.662. The molecule has 2 atom stereocenters. The Morgan fingerprint density at radius 3 is 2.79 bits per heavy atom. The molecule has 4 N–H and O–H groups in total. The second-order valence-corrected chi connectivity index (χ2v) is 3.70. The van der Waals surface area contributed by atoms with Gasteiger partial charge in [0.05, 0.1) is 0 Å². The van der Waals surface area contributed by atoms with Gasteiger partial charge in [-0.1, -0.05) is 12.1 Å². The maximum absolute atomic E-state index is 10.8. The van der Waals surface area contributed by atoms with Crippen molar-refractivity contribution in [2.24, 2.45) is 5.73 Å². The normalized spacial score (nSPS) is 29.9. The fourth-order valence-electron chi connectivity index (χ4n) is 1.67. The Morgan fingerprint density at radius 2 is 2.29 bits per heavy atom. The smallest absolute Gasteiger partial charge is 0.324 e. The molecule has 1 saturated carbocycles. The van der Waals surface area contributed by atoms with Crippen molar-refractivity contribution in [3.05, 3.63) is 29.8 Å². The quantitative estimate of drug-likeness (QED) is 0.644. The van der Waals surface area contributed by atoms with Gasteiger partial charge in [0.15, 0.2) is 0 Å². The summed E-state index contributed by atoms with van der Waals surface area (Å²) in [4.78, 5) is 10.8. The Balaban J connectivity index is 2.25. The number of carbonyl (C=O) groups is 1. The number of nitrogens with two attached hydrogens (primary N) is 1. The first-order valence-electron chi connectivity index (χ1n) is 4.35. The summed E-state index contributed by atoms with van der Waals surface area (Å²) in [6.07, 6.45) is 0.436. The van der Waals surface area contributed by atoms with Crippen molar-refractivity contribution >= 4 is 5.97 Å². The van der Waals surface area contributed by atoms with Crippen LogP contribution in [0.3, 0.4) is 0 Å². The molecule has 0 heterocycles. The van der Waals surface area contributed by atoms with Gasteiger partial charge in [0.1, 0.15) is 11.3 Å². The van der Waals surface area contributed by atoms with Crippen LogP contribution in [0.1, 0.15) is 17.9 Å². The Labute approximate surface area is 81.0 Å². The molecule has 1 aliphatic rings. The highest BCUT2D eigenvalue weighted by molar-refractivity contribution is 5.84. The average molecular weight is 193 g/mol. The summed E-state index contributed by atoms with van der Waals surface area (Å²) in [5.74, 6) is -1.01. The van der Waals surface area contributed by atoms with Crippen LogP contribution in [0.5, 0.6) is 5.75 Å². The molecule has 0 aliphatic heterocycles. The van der Waals surface area contributed by atoms with Crippen molar-refractivity contribution < 1.29 is 15.0 Å². The molecule has 0 unspecified atom stereocenters. The van der Waals surface area contributed by atoms with E-state index in [1.54, 1.807) is 24.3 Å². The number of carboxylic acids is 1. The van der Waals surface area contributed by atoms with Gasteiger partial charge in [0.25, 0.3) is 0 Å². The molecule has 2 rings (SSSR count). The van der Waals surface area contributed by atoms with Gasteiger partial charge in [-0.15, -0.1) is 0 Å². The van der Waals surface area contributed by atoms with Crippen LogP contribution in [0.4, 0.5) is 0 Å². The van der Waals surface area contributed by atoms with E-state index in [1.165, 1.54) is 0 Å². The zero-order valence-electron chi connectivity index (χ0n) is 7.47. The lowest BCUT2D eigenvalue weighted by Gasteiger charge is -2.05. The number of benzene rings is 1. The highest BCUT2D eigenvalue weighted by Crippen LogP contribution is 2.49. The molecular formula is C10H11NO3. The van der Waals surface area contributed by atoms with Crippen LogP contribution in [0.15, 0.2) is 24.3 Å². The number of phenols is 1. The fraction of sp³-hybridized carbons (Fsp3) is 0.300. The Hall–Kier alpha value is -1.55. The summed E-state index contributed by atoms with van der Waals surface area (Å²) < 4.78 is 0. The summed E-state index contributed by atoms with van der Waals surface area (Å²) in [7, 11) is 0. The van der Waals surface area contributed by atoms with E-state index in [0.717, 1.165) is 5.56 Å². The summed E-state index contributed by atoms with van der Waals surface area (Å²) >= 11 is 0.